The number of pyridine rings is 1. The molecule has 1 saturated heterocycles. The highest BCUT2D eigenvalue weighted by molar-refractivity contribution is 6.06. The van der Waals surface area contributed by atoms with Gasteiger partial charge in [-0.25, -0.2) is 4.98 Å². The number of carbonyl (C=O) groups excluding carboxylic acids is 1. The van der Waals surface area contributed by atoms with Crippen molar-refractivity contribution in [3.8, 4) is 5.75 Å². The third-order valence-corrected chi connectivity index (χ3v) is 5.51. The minimum absolute atomic E-state index is 0.0959. The second-order valence-corrected chi connectivity index (χ2v) is 7.50. The Kier molecular flexibility index (Phi) is 5.49. The number of carbonyl (C=O) groups is 1. The Hall–Kier alpha value is -2.93. The summed E-state index contributed by atoms with van der Waals surface area (Å²) in [6.45, 7) is 6.24. The SMILES string of the molecule is COc1cccc(C(CNC(=O)c2cc(C)nc3onc(C)c23)N2CCCC2)c1. The monoisotopic (exact) mass is 394 g/mol. The number of benzene rings is 1. The Bertz CT molecular complexity index is 1020. The molecule has 3 aromatic rings. The summed E-state index contributed by atoms with van der Waals surface area (Å²) >= 11 is 0. The van der Waals surface area contributed by atoms with Gasteiger partial charge in [0.05, 0.1) is 29.8 Å². The highest BCUT2D eigenvalue weighted by Gasteiger charge is 2.25. The summed E-state index contributed by atoms with van der Waals surface area (Å²) in [6, 6.07) is 9.96. The number of likely N-dealkylation sites (tertiary alicyclic amines) is 1. The van der Waals surface area contributed by atoms with E-state index in [-0.39, 0.29) is 11.9 Å². The van der Waals surface area contributed by atoms with E-state index in [1.807, 2.05) is 32.0 Å². The lowest BCUT2D eigenvalue weighted by molar-refractivity contribution is 0.0939. The van der Waals surface area contributed by atoms with Gasteiger partial charge in [-0.05, 0) is 63.5 Å². The number of nitrogens with zero attached hydrogens (tertiary/aromatic N) is 3. The first-order valence-electron chi connectivity index (χ1n) is 9.96. The van der Waals surface area contributed by atoms with Crippen molar-refractivity contribution >= 4 is 17.0 Å². The molecule has 7 heteroatoms. The predicted molar refractivity (Wildman–Crippen MR) is 110 cm³/mol. The normalized spacial score (nSPS) is 15.6. The van der Waals surface area contributed by atoms with Gasteiger partial charge in [-0.1, -0.05) is 17.3 Å². The van der Waals surface area contributed by atoms with Crippen molar-refractivity contribution in [2.45, 2.75) is 32.7 Å². The van der Waals surface area contributed by atoms with E-state index in [1.165, 1.54) is 12.8 Å². The molecule has 0 radical (unpaired) electrons. The first-order chi connectivity index (χ1) is 14.1. The summed E-state index contributed by atoms with van der Waals surface area (Å²) in [4.78, 5) is 19.8. The fraction of sp³-hybridized carbons (Fsp3) is 0.409. The Morgan fingerprint density at radius 2 is 2.07 bits per heavy atom. The van der Waals surface area contributed by atoms with Gasteiger partial charge >= 0.3 is 0 Å². The molecular formula is C22H26N4O3. The average Bonchev–Trinajstić information content (AvgIpc) is 3.38. The largest absolute Gasteiger partial charge is 0.497 e. The van der Waals surface area contributed by atoms with Crippen molar-refractivity contribution in [2.24, 2.45) is 0 Å². The third kappa shape index (κ3) is 3.96. The first kappa shape index (κ1) is 19.4. The van der Waals surface area contributed by atoms with Gasteiger partial charge < -0.3 is 14.6 Å². The van der Waals surface area contributed by atoms with E-state index in [4.69, 9.17) is 9.26 Å². The number of aromatic nitrogens is 2. The van der Waals surface area contributed by atoms with Crippen LogP contribution in [0.1, 0.15) is 46.2 Å². The topological polar surface area (TPSA) is 80.5 Å². The van der Waals surface area contributed by atoms with Gasteiger partial charge in [0.15, 0.2) is 0 Å². The smallest absolute Gasteiger partial charge is 0.258 e. The number of ether oxygens (including phenoxy) is 1. The number of fused-ring (bicyclic) bond motifs is 1. The maximum atomic E-state index is 13.1. The van der Waals surface area contributed by atoms with Crippen molar-refractivity contribution < 1.29 is 14.1 Å². The van der Waals surface area contributed by atoms with Crippen molar-refractivity contribution in [3.05, 3.63) is 52.8 Å². The molecule has 1 fully saturated rings. The van der Waals surface area contributed by atoms with Crippen LogP contribution in [0.3, 0.4) is 0 Å². The van der Waals surface area contributed by atoms with Crippen LogP contribution in [0.5, 0.6) is 5.75 Å². The molecule has 7 nitrogen and oxygen atoms in total. The van der Waals surface area contributed by atoms with E-state index in [1.54, 1.807) is 13.2 Å². The van der Waals surface area contributed by atoms with E-state index in [0.717, 1.165) is 30.1 Å². The van der Waals surface area contributed by atoms with Crippen molar-refractivity contribution in [1.82, 2.24) is 20.4 Å². The Balaban J connectivity index is 1.59. The molecule has 0 spiro atoms. The van der Waals surface area contributed by atoms with Crippen molar-refractivity contribution in [3.63, 3.8) is 0 Å². The zero-order valence-corrected chi connectivity index (χ0v) is 17.1. The van der Waals surface area contributed by atoms with Crippen molar-refractivity contribution in [2.75, 3.05) is 26.7 Å². The number of methoxy groups -OCH3 is 1. The quantitative estimate of drug-likeness (QED) is 0.690. The first-order valence-corrected chi connectivity index (χ1v) is 9.96. The summed E-state index contributed by atoms with van der Waals surface area (Å²) < 4.78 is 10.7. The number of rotatable bonds is 6. The van der Waals surface area contributed by atoms with Crippen LogP contribution in [-0.4, -0.2) is 47.7 Å². The Morgan fingerprint density at radius 3 is 2.83 bits per heavy atom. The molecule has 1 aliphatic heterocycles. The van der Waals surface area contributed by atoms with Gasteiger partial charge in [0.2, 0.25) is 0 Å². The van der Waals surface area contributed by atoms with E-state index in [2.05, 4.69) is 26.4 Å². The summed E-state index contributed by atoms with van der Waals surface area (Å²) in [5.41, 5.74) is 3.49. The van der Waals surface area contributed by atoms with Crippen LogP contribution >= 0.6 is 0 Å². The minimum Gasteiger partial charge on any atom is -0.497 e. The lowest BCUT2D eigenvalue weighted by atomic mass is 10.0. The summed E-state index contributed by atoms with van der Waals surface area (Å²) in [6.07, 6.45) is 2.36. The zero-order valence-electron chi connectivity index (χ0n) is 17.1. The fourth-order valence-corrected chi connectivity index (χ4v) is 4.04. The molecular weight excluding hydrogens is 368 g/mol. The average molecular weight is 394 g/mol. The van der Waals surface area contributed by atoms with Gasteiger partial charge in [-0.2, -0.15) is 0 Å². The highest BCUT2D eigenvalue weighted by Crippen LogP contribution is 2.28. The highest BCUT2D eigenvalue weighted by atomic mass is 16.5. The number of hydrogen-bond donors (Lipinski definition) is 1. The maximum Gasteiger partial charge on any atom is 0.258 e. The number of aryl methyl sites for hydroxylation is 2. The van der Waals surface area contributed by atoms with E-state index >= 15 is 0 Å². The van der Waals surface area contributed by atoms with Crippen LogP contribution in [0.2, 0.25) is 0 Å². The van der Waals surface area contributed by atoms with Crippen LogP contribution in [0.25, 0.3) is 11.1 Å². The van der Waals surface area contributed by atoms with Gasteiger partial charge in [0, 0.05) is 12.2 Å². The number of amides is 1. The molecule has 1 aliphatic rings. The number of hydrogen-bond acceptors (Lipinski definition) is 6. The predicted octanol–water partition coefficient (Wildman–Crippen LogP) is 3.42. The molecule has 0 bridgehead atoms. The van der Waals surface area contributed by atoms with Crippen molar-refractivity contribution in [1.29, 1.82) is 0 Å². The number of nitrogens with one attached hydrogen (secondary N) is 1. The van der Waals surface area contributed by atoms with Crippen LogP contribution in [0.15, 0.2) is 34.9 Å². The third-order valence-electron chi connectivity index (χ3n) is 5.51. The molecule has 1 amide bonds. The molecule has 3 heterocycles. The summed E-state index contributed by atoms with van der Waals surface area (Å²) in [5, 5.41) is 7.77. The maximum absolute atomic E-state index is 13.1. The molecule has 29 heavy (non-hydrogen) atoms. The molecule has 1 unspecified atom stereocenters. The molecule has 2 aromatic heterocycles. The van der Waals surface area contributed by atoms with Gasteiger partial charge in [-0.15, -0.1) is 0 Å². The lowest BCUT2D eigenvalue weighted by Crippen LogP contribution is -2.37. The Morgan fingerprint density at radius 1 is 1.28 bits per heavy atom. The van der Waals surface area contributed by atoms with Crippen LogP contribution in [0, 0.1) is 13.8 Å². The standard InChI is InChI=1S/C22H26N4O3/c1-14-11-18(20-15(2)25-29-22(20)24-14)21(27)23-13-19(26-9-4-5-10-26)16-7-6-8-17(12-16)28-3/h6-8,11-12,19H,4-5,9-10,13H2,1-3H3,(H,23,27). The second-order valence-electron chi connectivity index (χ2n) is 7.50. The van der Waals surface area contributed by atoms with E-state index < -0.39 is 0 Å². The molecule has 1 N–H and O–H groups in total. The lowest BCUT2D eigenvalue weighted by Gasteiger charge is -2.28. The molecule has 0 aliphatic carbocycles. The van der Waals surface area contributed by atoms with Gasteiger partial charge in [0.25, 0.3) is 11.6 Å². The minimum atomic E-state index is -0.140. The van der Waals surface area contributed by atoms with Gasteiger partial charge in [0.1, 0.15) is 5.75 Å². The van der Waals surface area contributed by atoms with Crippen LogP contribution < -0.4 is 10.1 Å². The van der Waals surface area contributed by atoms with Crippen LogP contribution in [-0.2, 0) is 0 Å². The molecule has 1 atom stereocenters. The van der Waals surface area contributed by atoms with Crippen LogP contribution in [0.4, 0.5) is 0 Å². The molecule has 1 aromatic carbocycles. The van der Waals surface area contributed by atoms with E-state index in [0.29, 0.717) is 28.9 Å². The second kappa shape index (κ2) is 8.21. The summed E-state index contributed by atoms with van der Waals surface area (Å²) in [5.74, 6) is 0.684. The summed E-state index contributed by atoms with van der Waals surface area (Å²) in [7, 11) is 1.67. The molecule has 0 saturated carbocycles. The Labute approximate surface area is 170 Å². The fourth-order valence-electron chi connectivity index (χ4n) is 4.04. The van der Waals surface area contributed by atoms with Gasteiger partial charge in [-0.3, -0.25) is 9.69 Å². The molecule has 4 rings (SSSR count). The molecule has 152 valence electrons. The van der Waals surface area contributed by atoms with E-state index in [9.17, 15) is 4.79 Å². The zero-order chi connectivity index (χ0) is 20.4.